The van der Waals surface area contributed by atoms with Crippen LogP contribution in [0, 0.1) is 3.57 Å². The Kier molecular flexibility index (Phi) is 6.59. The van der Waals surface area contributed by atoms with Gasteiger partial charge >= 0.3 is 0 Å². The number of rotatable bonds is 7. The van der Waals surface area contributed by atoms with Gasteiger partial charge in [-0.3, -0.25) is 4.79 Å². The van der Waals surface area contributed by atoms with Gasteiger partial charge in [0.15, 0.2) is 5.78 Å². The van der Waals surface area contributed by atoms with E-state index in [2.05, 4.69) is 6.58 Å². The van der Waals surface area contributed by atoms with Gasteiger partial charge in [0, 0.05) is 5.56 Å². The monoisotopic (exact) mass is 500 g/mol. The number of phenolic OH excluding ortho intramolecular Hbond substituents is 1. The van der Waals surface area contributed by atoms with Crippen molar-refractivity contribution in [2.24, 2.45) is 0 Å². The zero-order chi connectivity index (χ0) is 21.0. The third kappa shape index (κ3) is 5.17. The van der Waals surface area contributed by atoms with E-state index < -0.39 is 0 Å². The number of aliphatic hydroxyl groups is 1. The molecule has 3 aromatic rings. The van der Waals surface area contributed by atoms with Crippen LogP contribution in [0.25, 0.3) is 5.76 Å². The number of carbonyl (C=O) groups is 1. The Morgan fingerprint density at radius 2 is 1.72 bits per heavy atom. The first-order valence-electron chi connectivity index (χ1n) is 9.05. The van der Waals surface area contributed by atoms with Gasteiger partial charge in [0.2, 0.25) is 0 Å². The van der Waals surface area contributed by atoms with Crippen molar-refractivity contribution in [3.8, 4) is 11.5 Å². The van der Waals surface area contributed by atoms with E-state index in [0.717, 1.165) is 28.7 Å². The first-order chi connectivity index (χ1) is 13.8. The van der Waals surface area contributed by atoms with Crippen LogP contribution in [0.1, 0.15) is 39.5 Å². The molecule has 0 spiro atoms. The number of hydrogen-bond donors (Lipinski definition) is 2. The molecule has 0 saturated carbocycles. The van der Waals surface area contributed by atoms with Crippen molar-refractivity contribution in [2.75, 3.05) is 0 Å². The van der Waals surface area contributed by atoms with Gasteiger partial charge in [0.1, 0.15) is 23.9 Å². The van der Waals surface area contributed by atoms with Crippen molar-refractivity contribution in [2.45, 2.75) is 20.0 Å². The minimum absolute atomic E-state index is 0.0428. The molecule has 29 heavy (non-hydrogen) atoms. The molecule has 0 aliphatic carbocycles. The van der Waals surface area contributed by atoms with Crippen molar-refractivity contribution >= 4 is 34.1 Å². The van der Waals surface area contributed by atoms with Gasteiger partial charge in [-0.05, 0) is 70.8 Å². The number of benzene rings is 3. The Hall–Kier alpha value is -2.80. The van der Waals surface area contributed by atoms with Gasteiger partial charge in [-0.2, -0.15) is 0 Å². The molecule has 0 radical (unpaired) electrons. The molecule has 5 heteroatoms. The van der Waals surface area contributed by atoms with Crippen LogP contribution >= 0.6 is 22.6 Å². The molecule has 3 aromatic carbocycles. The summed E-state index contributed by atoms with van der Waals surface area (Å²) >= 11 is 1.98. The third-order valence-electron chi connectivity index (χ3n) is 4.55. The van der Waals surface area contributed by atoms with Gasteiger partial charge in [-0.1, -0.05) is 49.0 Å². The van der Waals surface area contributed by atoms with Crippen molar-refractivity contribution < 1.29 is 19.7 Å². The molecule has 0 amide bonds. The summed E-state index contributed by atoms with van der Waals surface area (Å²) in [5.74, 6) is 0.379. The fourth-order valence-corrected chi connectivity index (χ4v) is 3.58. The van der Waals surface area contributed by atoms with Gasteiger partial charge < -0.3 is 14.9 Å². The number of aromatic hydroxyl groups is 1. The second kappa shape index (κ2) is 9.13. The molecule has 4 nitrogen and oxygen atoms in total. The molecular formula is C24H21IO4. The molecular weight excluding hydrogens is 479 g/mol. The molecule has 0 aliphatic rings. The number of halogens is 1. The van der Waals surface area contributed by atoms with Crippen molar-refractivity contribution in [3.63, 3.8) is 0 Å². The molecule has 0 atom stereocenters. The number of ether oxygens (including phenoxy) is 1. The number of carbonyl (C=O) groups excluding carboxylic acids is 1. The van der Waals surface area contributed by atoms with E-state index in [-0.39, 0.29) is 17.3 Å². The van der Waals surface area contributed by atoms with Crippen LogP contribution in [0.15, 0.2) is 67.2 Å². The van der Waals surface area contributed by atoms with Crippen LogP contribution in [0.3, 0.4) is 0 Å². The second-order valence-corrected chi connectivity index (χ2v) is 7.84. The fraction of sp³-hybridized carbons (Fsp3) is 0.125. The topological polar surface area (TPSA) is 66.8 Å². The highest BCUT2D eigenvalue weighted by Crippen LogP contribution is 2.33. The maximum absolute atomic E-state index is 11.5. The second-order valence-electron chi connectivity index (χ2n) is 6.76. The normalized spacial score (nSPS) is 10.6. The predicted octanol–water partition coefficient (Wildman–Crippen LogP) is 5.90. The molecule has 0 aromatic heterocycles. The Morgan fingerprint density at radius 3 is 2.38 bits per heavy atom. The van der Waals surface area contributed by atoms with E-state index in [9.17, 15) is 15.0 Å². The molecule has 3 rings (SSSR count). The fourth-order valence-electron chi connectivity index (χ4n) is 2.95. The highest BCUT2D eigenvalue weighted by Gasteiger charge is 2.14. The van der Waals surface area contributed by atoms with Gasteiger partial charge in [0.05, 0.1) is 9.13 Å². The maximum atomic E-state index is 11.5. The minimum Gasteiger partial charge on any atom is -0.508 e. The van der Waals surface area contributed by atoms with E-state index in [1.807, 2.05) is 71.1 Å². The molecule has 0 fully saturated rings. The zero-order valence-corrected chi connectivity index (χ0v) is 18.1. The number of aliphatic hydroxyl groups excluding tert-OH is 1. The Balaban J connectivity index is 1.66. The van der Waals surface area contributed by atoms with Gasteiger partial charge in [0.25, 0.3) is 0 Å². The van der Waals surface area contributed by atoms with Crippen LogP contribution in [-0.4, -0.2) is 16.0 Å². The van der Waals surface area contributed by atoms with Crippen molar-refractivity contribution in [1.29, 1.82) is 0 Å². The molecule has 148 valence electrons. The van der Waals surface area contributed by atoms with Gasteiger partial charge in [-0.25, -0.2) is 0 Å². The van der Waals surface area contributed by atoms with Crippen LogP contribution in [0.4, 0.5) is 0 Å². The summed E-state index contributed by atoms with van der Waals surface area (Å²) in [5.41, 5.74) is 4.25. The van der Waals surface area contributed by atoms with E-state index in [4.69, 9.17) is 4.74 Å². The highest BCUT2D eigenvalue weighted by atomic mass is 127. The number of hydrogen-bond acceptors (Lipinski definition) is 4. The number of phenols is 1. The summed E-state index contributed by atoms with van der Waals surface area (Å²) in [6.07, 6.45) is 0.751. The summed E-state index contributed by atoms with van der Waals surface area (Å²) in [5, 5.41) is 19.7. The van der Waals surface area contributed by atoms with Crippen LogP contribution in [0.2, 0.25) is 0 Å². The van der Waals surface area contributed by atoms with E-state index in [0.29, 0.717) is 21.5 Å². The van der Waals surface area contributed by atoms with Crippen molar-refractivity contribution in [3.05, 3.63) is 98.6 Å². The molecule has 0 heterocycles. The lowest BCUT2D eigenvalue weighted by atomic mass is 10.0. The Morgan fingerprint density at radius 1 is 1.03 bits per heavy atom. The smallest absolute Gasteiger partial charge is 0.163 e. The molecule has 0 unspecified atom stereocenters. The minimum atomic E-state index is -0.184. The summed E-state index contributed by atoms with van der Waals surface area (Å²) in [7, 11) is 0. The quantitative estimate of drug-likeness (QED) is 0.241. The van der Waals surface area contributed by atoms with Crippen LogP contribution < -0.4 is 4.74 Å². The molecule has 2 N–H and O–H groups in total. The summed E-state index contributed by atoms with van der Waals surface area (Å²) < 4.78 is 6.35. The van der Waals surface area contributed by atoms with E-state index in [1.165, 1.54) is 6.92 Å². The summed E-state index contributed by atoms with van der Waals surface area (Å²) in [6.45, 7) is 5.34. The van der Waals surface area contributed by atoms with Crippen LogP contribution in [0.5, 0.6) is 11.5 Å². The lowest BCUT2D eigenvalue weighted by Crippen LogP contribution is -2.00. The standard InChI is InChI=1S/C24H21IO4/c1-15(26)20-5-3-4-19(13-20)12-17-6-8-18(9-7-17)14-29-22-11-10-21(16(2)27)24(28)23(22)25/h3-11,13,26,28H,1,12,14H2,2H3. The third-order valence-corrected chi connectivity index (χ3v) is 5.59. The number of Topliss-reactive ketones (excluding diaryl/α,β-unsaturated/α-hetero) is 1. The summed E-state index contributed by atoms with van der Waals surface area (Å²) in [4.78, 5) is 11.5. The van der Waals surface area contributed by atoms with E-state index in [1.54, 1.807) is 12.1 Å². The lowest BCUT2D eigenvalue weighted by molar-refractivity contribution is 0.101. The zero-order valence-electron chi connectivity index (χ0n) is 16.0. The first-order valence-corrected chi connectivity index (χ1v) is 10.1. The molecule has 0 aliphatic heterocycles. The summed E-state index contributed by atoms with van der Waals surface area (Å²) in [6, 6.07) is 19.0. The van der Waals surface area contributed by atoms with Crippen LogP contribution in [-0.2, 0) is 13.0 Å². The average molecular weight is 500 g/mol. The molecule has 0 bridgehead atoms. The number of ketones is 1. The largest absolute Gasteiger partial charge is 0.508 e. The lowest BCUT2D eigenvalue weighted by Gasteiger charge is -2.12. The van der Waals surface area contributed by atoms with Gasteiger partial charge in [-0.15, -0.1) is 0 Å². The first kappa shape index (κ1) is 20.9. The van der Waals surface area contributed by atoms with Crippen molar-refractivity contribution in [1.82, 2.24) is 0 Å². The van der Waals surface area contributed by atoms with E-state index >= 15 is 0 Å². The highest BCUT2D eigenvalue weighted by molar-refractivity contribution is 14.1. The Bertz CT molecular complexity index is 1050. The maximum Gasteiger partial charge on any atom is 0.163 e. The molecule has 0 saturated heterocycles. The SMILES string of the molecule is C=C(O)c1cccc(Cc2ccc(COc3ccc(C(C)=O)c(O)c3I)cc2)c1. The Labute approximate surface area is 183 Å². The predicted molar refractivity (Wildman–Crippen MR) is 123 cm³/mol. The average Bonchev–Trinajstić information content (AvgIpc) is 2.70.